The van der Waals surface area contributed by atoms with Crippen molar-refractivity contribution in [2.45, 2.75) is 12.8 Å². The topological polar surface area (TPSA) is 82.8 Å². The van der Waals surface area contributed by atoms with E-state index in [9.17, 15) is 10.1 Å². The van der Waals surface area contributed by atoms with Crippen molar-refractivity contribution in [2.75, 3.05) is 13.2 Å². The summed E-state index contributed by atoms with van der Waals surface area (Å²) in [6.45, 7) is 7.92. The van der Waals surface area contributed by atoms with Gasteiger partial charge < -0.3 is 10.5 Å². The Bertz CT molecular complexity index is 440. The lowest BCUT2D eigenvalue weighted by molar-refractivity contribution is -0.384. The van der Waals surface area contributed by atoms with E-state index in [2.05, 4.69) is 4.85 Å². The van der Waals surface area contributed by atoms with E-state index in [1.165, 1.54) is 18.2 Å². The Hall–Kier alpha value is -2.13. The summed E-state index contributed by atoms with van der Waals surface area (Å²) in [6, 6.07) is 3.96. The molecule has 0 aliphatic rings. The molecule has 0 saturated carbocycles. The van der Waals surface area contributed by atoms with Gasteiger partial charge in [-0.05, 0) is 25.5 Å². The number of nitrogens with two attached hydrogens (primary N) is 1. The third kappa shape index (κ3) is 3.74. The molecule has 17 heavy (non-hydrogen) atoms. The van der Waals surface area contributed by atoms with Crippen LogP contribution in [0.2, 0.25) is 0 Å². The molecule has 0 aromatic heterocycles. The van der Waals surface area contributed by atoms with Crippen LogP contribution in [0.15, 0.2) is 18.2 Å². The first-order valence-corrected chi connectivity index (χ1v) is 5.18. The van der Waals surface area contributed by atoms with Crippen molar-refractivity contribution in [1.82, 2.24) is 0 Å². The SMILES string of the molecule is [C-]#[N+]c1ccc([N+](=O)[O-])cc1OCCCCN. The highest BCUT2D eigenvalue weighted by Gasteiger charge is 2.11. The first-order chi connectivity index (χ1) is 8.19. The zero-order valence-electron chi connectivity index (χ0n) is 9.26. The number of non-ortho nitro benzene ring substituents is 1. The molecule has 2 N–H and O–H groups in total. The van der Waals surface area contributed by atoms with Gasteiger partial charge in [0, 0.05) is 12.1 Å². The Kier molecular flexibility index (Phi) is 4.91. The summed E-state index contributed by atoms with van der Waals surface area (Å²) in [6.07, 6.45) is 1.58. The van der Waals surface area contributed by atoms with E-state index in [1.54, 1.807) is 0 Å². The lowest BCUT2D eigenvalue weighted by Crippen LogP contribution is -2.03. The molecule has 0 aliphatic carbocycles. The molecule has 0 atom stereocenters. The molecule has 1 aromatic carbocycles. The fourth-order valence-corrected chi connectivity index (χ4v) is 1.25. The van der Waals surface area contributed by atoms with E-state index < -0.39 is 4.92 Å². The average molecular weight is 235 g/mol. The van der Waals surface area contributed by atoms with E-state index in [0.717, 1.165) is 12.8 Å². The van der Waals surface area contributed by atoms with E-state index in [4.69, 9.17) is 17.0 Å². The van der Waals surface area contributed by atoms with Gasteiger partial charge in [-0.3, -0.25) is 10.1 Å². The lowest BCUT2D eigenvalue weighted by atomic mass is 10.2. The zero-order valence-corrected chi connectivity index (χ0v) is 9.26. The van der Waals surface area contributed by atoms with Gasteiger partial charge in [0.2, 0.25) is 5.69 Å². The molecule has 90 valence electrons. The fourth-order valence-electron chi connectivity index (χ4n) is 1.25. The van der Waals surface area contributed by atoms with Crippen molar-refractivity contribution in [1.29, 1.82) is 0 Å². The van der Waals surface area contributed by atoms with Gasteiger partial charge in [0.25, 0.3) is 5.69 Å². The molecule has 0 radical (unpaired) electrons. The number of nitrogens with zero attached hydrogens (tertiary/aromatic N) is 2. The van der Waals surface area contributed by atoms with E-state index in [0.29, 0.717) is 13.2 Å². The summed E-state index contributed by atoms with van der Waals surface area (Å²) in [5, 5.41) is 10.6. The number of nitro groups is 1. The van der Waals surface area contributed by atoms with Crippen molar-refractivity contribution < 1.29 is 9.66 Å². The standard InChI is InChI=1S/C11H13N3O3/c1-13-10-5-4-9(14(15)16)8-11(10)17-7-3-2-6-12/h4-5,8H,2-3,6-7,12H2. The molecule has 6 heteroatoms. The second-order valence-corrected chi connectivity index (χ2v) is 3.37. The summed E-state index contributed by atoms with van der Waals surface area (Å²) in [7, 11) is 0. The summed E-state index contributed by atoms with van der Waals surface area (Å²) in [4.78, 5) is 13.3. The number of ether oxygens (including phenoxy) is 1. The molecular weight excluding hydrogens is 222 g/mol. The number of benzene rings is 1. The van der Waals surface area contributed by atoms with E-state index in [-0.39, 0.29) is 17.1 Å². The fraction of sp³-hybridized carbons (Fsp3) is 0.364. The summed E-state index contributed by atoms with van der Waals surface area (Å²) < 4.78 is 5.35. The third-order valence-corrected chi connectivity index (χ3v) is 2.13. The smallest absolute Gasteiger partial charge is 0.270 e. The molecule has 0 aliphatic heterocycles. The summed E-state index contributed by atoms with van der Waals surface area (Å²) in [5.74, 6) is 0.256. The maximum Gasteiger partial charge on any atom is 0.270 e. The minimum absolute atomic E-state index is 0.0776. The van der Waals surface area contributed by atoms with Crippen LogP contribution in [0.1, 0.15) is 12.8 Å². The van der Waals surface area contributed by atoms with Gasteiger partial charge in [0.15, 0.2) is 0 Å². The molecule has 0 saturated heterocycles. The molecule has 1 aromatic rings. The number of unbranched alkanes of at least 4 members (excludes halogenated alkanes) is 1. The highest BCUT2D eigenvalue weighted by atomic mass is 16.6. The monoisotopic (exact) mass is 235 g/mol. The minimum Gasteiger partial charge on any atom is -0.504 e. The van der Waals surface area contributed by atoms with Crippen molar-refractivity contribution in [3.8, 4) is 5.75 Å². The van der Waals surface area contributed by atoms with Gasteiger partial charge in [0.1, 0.15) is 5.75 Å². The number of hydrogen-bond donors (Lipinski definition) is 1. The predicted octanol–water partition coefficient (Wildman–Crippen LogP) is 2.26. The van der Waals surface area contributed by atoms with Crippen LogP contribution in [0, 0.1) is 16.7 Å². The Morgan fingerprint density at radius 3 is 2.82 bits per heavy atom. The van der Waals surface area contributed by atoms with Crippen LogP contribution in [0.5, 0.6) is 5.75 Å². The van der Waals surface area contributed by atoms with Crippen LogP contribution in [0.25, 0.3) is 4.85 Å². The summed E-state index contributed by atoms with van der Waals surface area (Å²) in [5.41, 5.74) is 5.54. The highest BCUT2D eigenvalue weighted by molar-refractivity contribution is 5.61. The average Bonchev–Trinajstić information content (AvgIpc) is 2.34. The molecule has 0 unspecified atom stereocenters. The second-order valence-electron chi connectivity index (χ2n) is 3.37. The third-order valence-electron chi connectivity index (χ3n) is 2.13. The van der Waals surface area contributed by atoms with E-state index >= 15 is 0 Å². The lowest BCUT2D eigenvalue weighted by Gasteiger charge is -2.07. The maximum absolute atomic E-state index is 10.6. The van der Waals surface area contributed by atoms with Gasteiger partial charge in [-0.2, -0.15) is 0 Å². The minimum atomic E-state index is -0.513. The van der Waals surface area contributed by atoms with Gasteiger partial charge >= 0.3 is 0 Å². The quantitative estimate of drug-likeness (QED) is 0.355. The van der Waals surface area contributed by atoms with Crippen LogP contribution in [-0.4, -0.2) is 18.1 Å². The van der Waals surface area contributed by atoms with Crippen LogP contribution in [0.3, 0.4) is 0 Å². The first kappa shape index (κ1) is 12.9. The highest BCUT2D eigenvalue weighted by Crippen LogP contribution is 2.31. The predicted molar refractivity (Wildman–Crippen MR) is 63.1 cm³/mol. The molecule has 0 bridgehead atoms. The number of rotatable bonds is 6. The Balaban J connectivity index is 2.77. The van der Waals surface area contributed by atoms with Crippen molar-refractivity contribution in [2.24, 2.45) is 5.73 Å². The van der Waals surface area contributed by atoms with Crippen LogP contribution in [0.4, 0.5) is 11.4 Å². The molecule has 0 heterocycles. The molecule has 6 nitrogen and oxygen atoms in total. The van der Waals surface area contributed by atoms with E-state index in [1.807, 2.05) is 0 Å². The maximum atomic E-state index is 10.6. The Morgan fingerprint density at radius 2 is 2.24 bits per heavy atom. The molecule has 0 amide bonds. The van der Waals surface area contributed by atoms with Gasteiger partial charge in [-0.15, -0.1) is 0 Å². The van der Waals surface area contributed by atoms with Gasteiger partial charge in [-0.1, -0.05) is 0 Å². The van der Waals surface area contributed by atoms with Crippen molar-refractivity contribution in [3.05, 3.63) is 39.7 Å². The number of nitro benzene ring substituents is 1. The normalized spacial score (nSPS) is 9.65. The Labute approximate surface area is 99.0 Å². The van der Waals surface area contributed by atoms with Crippen LogP contribution < -0.4 is 10.5 Å². The van der Waals surface area contributed by atoms with Crippen LogP contribution >= 0.6 is 0 Å². The second kappa shape index (κ2) is 6.45. The molecule has 1 rings (SSSR count). The zero-order chi connectivity index (χ0) is 12.7. The first-order valence-electron chi connectivity index (χ1n) is 5.18. The van der Waals surface area contributed by atoms with Crippen molar-refractivity contribution >= 4 is 11.4 Å². The van der Waals surface area contributed by atoms with Crippen LogP contribution in [-0.2, 0) is 0 Å². The van der Waals surface area contributed by atoms with Gasteiger partial charge in [-0.25, -0.2) is 4.85 Å². The van der Waals surface area contributed by atoms with Crippen molar-refractivity contribution in [3.63, 3.8) is 0 Å². The largest absolute Gasteiger partial charge is 0.504 e. The molecule has 0 spiro atoms. The molecule has 0 fully saturated rings. The summed E-state index contributed by atoms with van der Waals surface area (Å²) >= 11 is 0. The van der Waals surface area contributed by atoms with Gasteiger partial charge in [0.05, 0.1) is 18.1 Å². The number of hydrogen-bond acceptors (Lipinski definition) is 4. The molecular formula is C11H13N3O3. The Morgan fingerprint density at radius 1 is 1.47 bits per heavy atom.